The summed E-state index contributed by atoms with van der Waals surface area (Å²) in [6, 6.07) is 5.79. The van der Waals surface area contributed by atoms with Gasteiger partial charge in [-0.3, -0.25) is 9.59 Å². The molecule has 25 heavy (non-hydrogen) atoms. The molecule has 0 saturated heterocycles. The van der Waals surface area contributed by atoms with Crippen molar-refractivity contribution in [2.75, 3.05) is 20.2 Å². The van der Waals surface area contributed by atoms with E-state index in [1.807, 2.05) is 0 Å². The Morgan fingerprint density at radius 2 is 1.84 bits per heavy atom. The van der Waals surface area contributed by atoms with Gasteiger partial charge in [-0.2, -0.15) is 0 Å². The maximum Gasteiger partial charge on any atom is 0.224 e. The monoisotopic (exact) mass is 346 g/mol. The van der Waals surface area contributed by atoms with E-state index in [4.69, 9.17) is 4.74 Å². The van der Waals surface area contributed by atoms with Gasteiger partial charge in [-0.25, -0.2) is 0 Å². The van der Waals surface area contributed by atoms with Crippen molar-refractivity contribution in [3.05, 3.63) is 29.3 Å². The van der Waals surface area contributed by atoms with Gasteiger partial charge in [0.25, 0.3) is 0 Å². The van der Waals surface area contributed by atoms with Crippen molar-refractivity contribution in [1.82, 2.24) is 10.6 Å². The van der Waals surface area contributed by atoms with Gasteiger partial charge < -0.3 is 15.4 Å². The smallest absolute Gasteiger partial charge is 0.224 e. The first-order chi connectivity index (χ1) is 12.1. The van der Waals surface area contributed by atoms with Crippen LogP contribution in [-0.4, -0.2) is 37.9 Å². The van der Waals surface area contributed by atoms with Gasteiger partial charge in [0.1, 0.15) is 5.75 Å². The average molecular weight is 346 g/mol. The topological polar surface area (TPSA) is 67.4 Å². The molecule has 0 radical (unpaired) electrons. The third-order valence-electron chi connectivity index (χ3n) is 4.77. The van der Waals surface area contributed by atoms with Crippen LogP contribution in [0.2, 0.25) is 0 Å². The molecule has 1 amide bonds. The highest BCUT2D eigenvalue weighted by Crippen LogP contribution is 2.21. The minimum absolute atomic E-state index is 0.0167. The molecule has 2 rings (SSSR count). The number of benzene rings is 1. The van der Waals surface area contributed by atoms with Crippen LogP contribution in [0.3, 0.4) is 0 Å². The third kappa shape index (κ3) is 6.50. The summed E-state index contributed by atoms with van der Waals surface area (Å²) in [6.45, 7) is 2.93. The Morgan fingerprint density at radius 3 is 2.48 bits per heavy atom. The summed E-state index contributed by atoms with van der Waals surface area (Å²) in [4.78, 5) is 23.7. The molecule has 0 unspecified atom stereocenters. The second-order valence-electron chi connectivity index (χ2n) is 6.75. The summed E-state index contributed by atoms with van der Waals surface area (Å²) in [5.41, 5.74) is 1.34. The number of carbonyl (C=O) groups is 2. The van der Waals surface area contributed by atoms with Crippen molar-refractivity contribution in [2.24, 2.45) is 0 Å². The van der Waals surface area contributed by atoms with E-state index < -0.39 is 0 Å². The van der Waals surface area contributed by atoms with Gasteiger partial charge in [0.05, 0.1) is 13.5 Å². The molecule has 5 nitrogen and oxygen atoms in total. The lowest BCUT2D eigenvalue weighted by molar-refractivity contribution is -0.120. The van der Waals surface area contributed by atoms with Crippen LogP contribution >= 0.6 is 0 Å². The Hall–Kier alpha value is -1.88. The average Bonchev–Trinajstić information content (AvgIpc) is 2.87. The predicted molar refractivity (Wildman–Crippen MR) is 99.2 cm³/mol. The molecule has 1 saturated carbocycles. The molecule has 1 aliphatic carbocycles. The van der Waals surface area contributed by atoms with E-state index in [2.05, 4.69) is 10.6 Å². The molecule has 0 aliphatic heterocycles. The van der Waals surface area contributed by atoms with Crippen LogP contribution in [0, 0.1) is 0 Å². The molecular weight excluding hydrogens is 316 g/mol. The maximum absolute atomic E-state index is 12.2. The Morgan fingerprint density at radius 1 is 1.12 bits per heavy atom. The minimum atomic E-state index is -0.0540. The van der Waals surface area contributed by atoms with E-state index in [0.717, 1.165) is 12.1 Å². The lowest BCUT2D eigenvalue weighted by atomic mass is 10.0. The molecule has 138 valence electrons. The summed E-state index contributed by atoms with van der Waals surface area (Å²) < 4.78 is 5.29. The van der Waals surface area contributed by atoms with Crippen molar-refractivity contribution in [3.63, 3.8) is 0 Å². The number of hydrogen-bond donors (Lipinski definition) is 2. The molecule has 0 atom stereocenters. The number of amides is 1. The molecular formula is C20H30N2O3. The highest BCUT2D eigenvalue weighted by molar-refractivity contribution is 5.94. The van der Waals surface area contributed by atoms with Gasteiger partial charge in [-0.05, 0) is 38.0 Å². The number of nitrogens with one attached hydrogen (secondary N) is 2. The zero-order chi connectivity index (χ0) is 18.1. The van der Waals surface area contributed by atoms with E-state index in [9.17, 15) is 9.59 Å². The van der Waals surface area contributed by atoms with Crippen LogP contribution < -0.4 is 15.4 Å². The van der Waals surface area contributed by atoms with E-state index in [1.54, 1.807) is 25.3 Å². The van der Waals surface area contributed by atoms with E-state index in [-0.39, 0.29) is 18.1 Å². The number of ether oxygens (including phenoxy) is 1. The number of carbonyl (C=O) groups excluding carboxylic acids is 2. The van der Waals surface area contributed by atoms with Gasteiger partial charge >= 0.3 is 0 Å². The van der Waals surface area contributed by atoms with Crippen molar-refractivity contribution in [3.8, 4) is 5.75 Å². The molecule has 1 aromatic carbocycles. The second kappa shape index (κ2) is 10.2. The van der Waals surface area contributed by atoms with Gasteiger partial charge in [-0.1, -0.05) is 25.7 Å². The number of hydrogen-bond acceptors (Lipinski definition) is 4. The van der Waals surface area contributed by atoms with Crippen molar-refractivity contribution in [1.29, 1.82) is 0 Å². The molecule has 0 aromatic heterocycles. The molecule has 0 spiro atoms. The normalized spacial score (nSPS) is 15.4. The number of methoxy groups -OCH3 is 1. The Bertz CT molecular complexity index is 578. The summed E-state index contributed by atoms with van der Waals surface area (Å²) in [5, 5.41) is 6.49. The quantitative estimate of drug-likeness (QED) is 0.431. The summed E-state index contributed by atoms with van der Waals surface area (Å²) in [6.07, 6.45) is 7.98. The first-order valence-electron chi connectivity index (χ1n) is 9.28. The summed E-state index contributed by atoms with van der Waals surface area (Å²) in [5.74, 6) is 0.565. The highest BCUT2D eigenvalue weighted by Gasteiger charge is 2.13. The fourth-order valence-corrected chi connectivity index (χ4v) is 3.33. The van der Waals surface area contributed by atoms with Crippen molar-refractivity contribution < 1.29 is 14.3 Å². The zero-order valence-corrected chi connectivity index (χ0v) is 15.4. The predicted octanol–water partition coefficient (Wildman–Crippen LogP) is 2.87. The fourth-order valence-electron chi connectivity index (χ4n) is 3.33. The lowest BCUT2D eigenvalue weighted by Crippen LogP contribution is -2.37. The van der Waals surface area contributed by atoms with Crippen molar-refractivity contribution in [2.45, 2.75) is 57.9 Å². The first kappa shape index (κ1) is 19.4. The van der Waals surface area contributed by atoms with E-state index in [0.29, 0.717) is 23.9 Å². The number of ketones is 1. The molecule has 1 aliphatic rings. The minimum Gasteiger partial charge on any atom is -0.496 e. The molecule has 0 heterocycles. The van der Waals surface area contributed by atoms with Crippen LogP contribution in [0.1, 0.15) is 61.4 Å². The lowest BCUT2D eigenvalue weighted by Gasteiger charge is -2.16. The Labute approximate surface area is 150 Å². The number of rotatable bonds is 8. The van der Waals surface area contributed by atoms with Crippen molar-refractivity contribution >= 4 is 11.7 Å². The number of Topliss-reactive ketones (excluding diaryl/α,β-unsaturated/α-hetero) is 1. The molecule has 2 N–H and O–H groups in total. The van der Waals surface area contributed by atoms with Gasteiger partial charge in [0.2, 0.25) is 5.91 Å². The summed E-state index contributed by atoms with van der Waals surface area (Å²) >= 11 is 0. The Balaban J connectivity index is 1.77. The maximum atomic E-state index is 12.2. The second-order valence-corrected chi connectivity index (χ2v) is 6.75. The standard InChI is InChI=1S/C20H30N2O3/c1-15(23)16-9-10-19(25-2)17(13-16)14-20(24)22-12-11-21-18-7-5-3-4-6-8-18/h9-10,13,18,21H,3-8,11-12,14H2,1-2H3,(H,22,24). The van der Waals surface area contributed by atoms with Gasteiger partial charge in [0.15, 0.2) is 5.78 Å². The molecule has 1 aromatic rings. The molecule has 0 bridgehead atoms. The van der Waals surface area contributed by atoms with Crippen LogP contribution in [0.15, 0.2) is 18.2 Å². The Kier molecular flexibility index (Phi) is 7.92. The highest BCUT2D eigenvalue weighted by atomic mass is 16.5. The van der Waals surface area contributed by atoms with Crippen LogP contribution in [0.4, 0.5) is 0 Å². The van der Waals surface area contributed by atoms with Gasteiger partial charge in [0, 0.05) is 30.3 Å². The zero-order valence-electron chi connectivity index (χ0n) is 15.4. The first-order valence-corrected chi connectivity index (χ1v) is 9.28. The van der Waals surface area contributed by atoms with Crippen LogP contribution in [-0.2, 0) is 11.2 Å². The molecule has 5 heteroatoms. The van der Waals surface area contributed by atoms with Crippen LogP contribution in [0.25, 0.3) is 0 Å². The summed E-state index contributed by atoms with van der Waals surface area (Å²) in [7, 11) is 1.57. The fraction of sp³-hybridized carbons (Fsp3) is 0.600. The van der Waals surface area contributed by atoms with E-state index in [1.165, 1.54) is 45.4 Å². The SMILES string of the molecule is COc1ccc(C(C)=O)cc1CC(=O)NCCNC1CCCCCC1. The third-order valence-corrected chi connectivity index (χ3v) is 4.77. The van der Waals surface area contributed by atoms with E-state index >= 15 is 0 Å². The van der Waals surface area contributed by atoms with Crippen LogP contribution in [0.5, 0.6) is 5.75 Å². The van der Waals surface area contributed by atoms with Gasteiger partial charge in [-0.15, -0.1) is 0 Å². The molecule has 1 fully saturated rings. The largest absolute Gasteiger partial charge is 0.496 e.